The van der Waals surface area contributed by atoms with E-state index in [0.717, 1.165) is 23.4 Å². The lowest BCUT2D eigenvalue weighted by Crippen LogP contribution is -2.45. The van der Waals surface area contributed by atoms with Gasteiger partial charge < -0.3 is 10.2 Å². The first-order chi connectivity index (χ1) is 10.2. The van der Waals surface area contributed by atoms with Crippen LogP contribution in [0.15, 0.2) is 0 Å². The first-order valence-electron chi connectivity index (χ1n) is 7.72. The number of anilines is 1. The van der Waals surface area contributed by atoms with Gasteiger partial charge in [0.05, 0.1) is 5.69 Å². The highest BCUT2D eigenvalue weighted by atomic mass is 32.1. The molecule has 2 rings (SSSR count). The molecule has 2 amide bonds. The summed E-state index contributed by atoms with van der Waals surface area (Å²) in [4.78, 5) is 31.9. The lowest BCUT2D eigenvalue weighted by molar-refractivity contribution is -0.142. The van der Waals surface area contributed by atoms with E-state index in [1.165, 1.54) is 11.3 Å². The number of carbonyl (C=O) groups is 2. The Bertz CT molecular complexity index is 547. The summed E-state index contributed by atoms with van der Waals surface area (Å²) >= 11 is 1.51. The lowest BCUT2D eigenvalue weighted by Gasteiger charge is -2.35. The molecule has 0 radical (unpaired) electrons. The topological polar surface area (TPSA) is 62.3 Å². The molecule has 1 fully saturated rings. The van der Waals surface area contributed by atoms with E-state index in [2.05, 4.69) is 10.3 Å². The number of nitrogens with zero attached hydrogens (tertiary/aromatic N) is 2. The zero-order valence-electron chi connectivity index (χ0n) is 14.0. The normalized spacial score (nSPS) is 16.7. The smallest absolute Gasteiger partial charge is 0.229 e. The van der Waals surface area contributed by atoms with E-state index in [4.69, 9.17) is 0 Å². The maximum absolute atomic E-state index is 12.3. The van der Waals surface area contributed by atoms with Crippen LogP contribution in [0.3, 0.4) is 0 Å². The number of likely N-dealkylation sites (tertiary alicyclic amines) is 1. The first kappa shape index (κ1) is 16.9. The number of nitrogens with one attached hydrogen (secondary N) is 1. The van der Waals surface area contributed by atoms with E-state index in [1.54, 1.807) is 0 Å². The number of aromatic nitrogens is 1. The van der Waals surface area contributed by atoms with Crippen LogP contribution in [0.1, 0.15) is 44.2 Å². The Morgan fingerprint density at radius 3 is 2.27 bits per heavy atom. The minimum atomic E-state index is -0.356. The Morgan fingerprint density at radius 2 is 1.82 bits per heavy atom. The van der Waals surface area contributed by atoms with Crippen LogP contribution in [-0.2, 0) is 9.59 Å². The quantitative estimate of drug-likeness (QED) is 0.910. The third-order valence-corrected chi connectivity index (χ3v) is 5.04. The predicted molar refractivity (Wildman–Crippen MR) is 89.0 cm³/mol. The summed E-state index contributed by atoms with van der Waals surface area (Å²) in [5.74, 6) is 0.155. The van der Waals surface area contributed by atoms with Crippen molar-refractivity contribution >= 4 is 28.3 Å². The van der Waals surface area contributed by atoms with Crippen molar-refractivity contribution in [3.05, 3.63) is 10.6 Å². The van der Waals surface area contributed by atoms with Crippen LogP contribution in [0, 0.1) is 25.2 Å². The summed E-state index contributed by atoms with van der Waals surface area (Å²) in [7, 11) is 0. The zero-order valence-corrected chi connectivity index (χ0v) is 14.8. The molecule has 0 aromatic carbocycles. The Morgan fingerprint density at radius 1 is 1.23 bits per heavy atom. The van der Waals surface area contributed by atoms with Gasteiger partial charge in [0, 0.05) is 29.3 Å². The van der Waals surface area contributed by atoms with Gasteiger partial charge in [0.2, 0.25) is 11.8 Å². The van der Waals surface area contributed by atoms with Crippen molar-refractivity contribution in [1.82, 2.24) is 9.88 Å². The molecule has 5 nitrogen and oxygen atoms in total. The maximum atomic E-state index is 12.3. The van der Waals surface area contributed by atoms with Gasteiger partial charge in [-0.3, -0.25) is 9.59 Å². The molecule has 1 aromatic rings. The second-order valence-electron chi connectivity index (χ2n) is 6.97. The minimum absolute atomic E-state index is 0.0246. The summed E-state index contributed by atoms with van der Waals surface area (Å²) in [6, 6.07) is 0. The number of thiazole rings is 1. The molecule has 1 N–H and O–H groups in total. The second-order valence-corrected chi connectivity index (χ2v) is 8.17. The molecular weight excluding hydrogens is 298 g/mol. The number of hydrogen-bond donors (Lipinski definition) is 1. The molecule has 0 bridgehead atoms. The summed E-state index contributed by atoms with van der Waals surface area (Å²) in [5.41, 5.74) is 0.608. The van der Waals surface area contributed by atoms with Crippen LogP contribution in [-0.4, -0.2) is 34.8 Å². The molecule has 0 aliphatic carbocycles. The van der Waals surface area contributed by atoms with Crippen LogP contribution < -0.4 is 5.32 Å². The van der Waals surface area contributed by atoms with Crippen LogP contribution in [0.25, 0.3) is 0 Å². The first-order valence-corrected chi connectivity index (χ1v) is 8.54. The number of piperidine rings is 1. The van der Waals surface area contributed by atoms with Gasteiger partial charge in [0.15, 0.2) is 5.13 Å². The predicted octanol–water partition coefficient (Wildman–Crippen LogP) is 2.98. The van der Waals surface area contributed by atoms with Gasteiger partial charge in [0.1, 0.15) is 0 Å². The van der Waals surface area contributed by atoms with E-state index in [1.807, 2.05) is 39.5 Å². The van der Waals surface area contributed by atoms with Crippen molar-refractivity contribution in [3.63, 3.8) is 0 Å². The van der Waals surface area contributed by atoms with Crippen molar-refractivity contribution in [2.24, 2.45) is 11.3 Å². The molecule has 1 aliphatic heterocycles. The molecule has 0 atom stereocenters. The summed E-state index contributed by atoms with van der Waals surface area (Å²) in [6.45, 7) is 11.1. The third-order valence-electron chi connectivity index (χ3n) is 4.05. The zero-order chi connectivity index (χ0) is 16.5. The molecule has 2 heterocycles. The molecule has 6 heteroatoms. The standard InChI is InChI=1S/C16H25N3O2S/c1-10-11(2)22-15(17-10)18-13(20)12-6-8-19(9-7-12)14(21)16(3,4)5/h12H,6-9H2,1-5H3,(H,17,18,20). The van der Waals surface area contributed by atoms with Gasteiger partial charge in [-0.2, -0.15) is 0 Å². The van der Waals surface area contributed by atoms with Crippen LogP contribution >= 0.6 is 11.3 Å². The summed E-state index contributed by atoms with van der Waals surface area (Å²) < 4.78 is 0. The van der Waals surface area contributed by atoms with E-state index in [0.29, 0.717) is 18.2 Å². The number of amides is 2. The average molecular weight is 323 g/mol. The highest BCUT2D eigenvalue weighted by Gasteiger charge is 2.32. The van der Waals surface area contributed by atoms with Crippen molar-refractivity contribution in [1.29, 1.82) is 0 Å². The molecule has 1 saturated heterocycles. The van der Waals surface area contributed by atoms with Gasteiger partial charge >= 0.3 is 0 Å². The van der Waals surface area contributed by atoms with Gasteiger partial charge in [-0.25, -0.2) is 4.98 Å². The lowest BCUT2D eigenvalue weighted by atomic mass is 9.91. The Balaban J connectivity index is 1.88. The highest BCUT2D eigenvalue weighted by molar-refractivity contribution is 7.15. The fourth-order valence-corrected chi connectivity index (χ4v) is 3.37. The fourth-order valence-electron chi connectivity index (χ4n) is 2.55. The molecular formula is C16H25N3O2S. The average Bonchev–Trinajstić information content (AvgIpc) is 2.75. The summed E-state index contributed by atoms with van der Waals surface area (Å²) in [5, 5.41) is 3.59. The summed E-state index contributed by atoms with van der Waals surface area (Å²) in [6.07, 6.45) is 1.44. The van der Waals surface area contributed by atoms with E-state index in [9.17, 15) is 9.59 Å². The molecule has 0 spiro atoms. The largest absolute Gasteiger partial charge is 0.342 e. The maximum Gasteiger partial charge on any atom is 0.229 e. The Kier molecular flexibility index (Phi) is 4.90. The molecule has 22 heavy (non-hydrogen) atoms. The molecule has 1 aliphatic rings. The molecule has 0 saturated carbocycles. The molecule has 0 unspecified atom stereocenters. The Hall–Kier alpha value is -1.43. The van der Waals surface area contributed by atoms with Gasteiger partial charge in [-0.1, -0.05) is 20.8 Å². The van der Waals surface area contributed by atoms with Gasteiger partial charge in [0.25, 0.3) is 0 Å². The second kappa shape index (κ2) is 6.36. The monoisotopic (exact) mass is 323 g/mol. The molecule has 1 aromatic heterocycles. The van der Waals surface area contributed by atoms with Gasteiger partial charge in [-0.05, 0) is 26.7 Å². The third kappa shape index (κ3) is 3.85. The van der Waals surface area contributed by atoms with Crippen LogP contribution in [0.4, 0.5) is 5.13 Å². The van der Waals surface area contributed by atoms with Crippen molar-refractivity contribution in [2.45, 2.75) is 47.5 Å². The number of aryl methyl sites for hydroxylation is 2. The van der Waals surface area contributed by atoms with E-state index in [-0.39, 0.29) is 23.1 Å². The SMILES string of the molecule is Cc1nc(NC(=O)C2CCN(C(=O)C(C)(C)C)CC2)sc1C. The van der Waals surface area contributed by atoms with Crippen molar-refractivity contribution < 1.29 is 9.59 Å². The highest BCUT2D eigenvalue weighted by Crippen LogP contribution is 2.26. The van der Waals surface area contributed by atoms with Crippen LogP contribution in [0.5, 0.6) is 0 Å². The van der Waals surface area contributed by atoms with Crippen molar-refractivity contribution in [3.8, 4) is 0 Å². The number of hydrogen-bond acceptors (Lipinski definition) is 4. The van der Waals surface area contributed by atoms with E-state index >= 15 is 0 Å². The van der Waals surface area contributed by atoms with Crippen LogP contribution in [0.2, 0.25) is 0 Å². The van der Waals surface area contributed by atoms with Crippen molar-refractivity contribution in [2.75, 3.05) is 18.4 Å². The fraction of sp³-hybridized carbons (Fsp3) is 0.688. The Labute approximate surface area is 136 Å². The van der Waals surface area contributed by atoms with Gasteiger partial charge in [-0.15, -0.1) is 11.3 Å². The molecule has 122 valence electrons. The number of carbonyl (C=O) groups excluding carboxylic acids is 2. The number of rotatable bonds is 2. The minimum Gasteiger partial charge on any atom is -0.342 e. The van der Waals surface area contributed by atoms with E-state index < -0.39 is 0 Å².